The maximum atomic E-state index is 12.0. The summed E-state index contributed by atoms with van der Waals surface area (Å²) in [6, 6.07) is 12.8. The lowest BCUT2D eigenvalue weighted by Crippen LogP contribution is -2.23. The van der Waals surface area contributed by atoms with Crippen molar-refractivity contribution in [3.05, 3.63) is 66.2 Å². The van der Waals surface area contributed by atoms with E-state index < -0.39 is 10.0 Å². The molecular formula is C19H22N2O4S. The lowest BCUT2D eigenvalue weighted by Gasteiger charge is -2.09. The van der Waals surface area contributed by atoms with Crippen molar-refractivity contribution in [2.24, 2.45) is 0 Å². The summed E-state index contributed by atoms with van der Waals surface area (Å²) in [6.07, 6.45) is 2.31. The third-order valence-corrected chi connectivity index (χ3v) is 5.47. The lowest BCUT2D eigenvalue weighted by atomic mass is 10.1. The monoisotopic (exact) mass is 374 g/mol. The van der Waals surface area contributed by atoms with Crippen molar-refractivity contribution in [3.8, 4) is 11.5 Å². The highest BCUT2D eigenvalue weighted by atomic mass is 32.2. The molecule has 0 spiro atoms. The summed E-state index contributed by atoms with van der Waals surface area (Å²) < 4.78 is 37.3. The van der Waals surface area contributed by atoms with E-state index in [-0.39, 0.29) is 18.2 Å². The van der Waals surface area contributed by atoms with E-state index in [1.807, 2.05) is 30.3 Å². The van der Waals surface area contributed by atoms with Gasteiger partial charge in [0, 0.05) is 18.7 Å². The van der Waals surface area contributed by atoms with Crippen LogP contribution in [0.3, 0.4) is 0 Å². The van der Waals surface area contributed by atoms with Gasteiger partial charge in [-0.3, -0.25) is 0 Å². The summed E-state index contributed by atoms with van der Waals surface area (Å²) in [5.41, 5.74) is 2.13. The zero-order chi connectivity index (χ0) is 18.4. The lowest BCUT2D eigenvalue weighted by molar-refractivity contribution is 0.173. The highest BCUT2D eigenvalue weighted by Gasteiger charge is 2.16. The second-order valence-corrected chi connectivity index (χ2v) is 7.63. The Hall–Kier alpha value is -2.35. The molecule has 0 saturated heterocycles. The minimum atomic E-state index is -3.47. The molecule has 0 amide bonds. The van der Waals surface area contributed by atoms with E-state index >= 15 is 0 Å². The third-order valence-electron chi connectivity index (χ3n) is 4.04. The highest BCUT2D eigenvalue weighted by Crippen LogP contribution is 2.35. The Morgan fingerprint density at radius 1 is 1.12 bits per heavy atom. The standard InChI is InChI=1S/C19H22N2O4S/c1-2-11-21-26(22,23)17-8-6-15(7-9-17)10-12-20-13-16-4-3-5-18-19(16)25-14-24-18/h2-9,20-21H,1,10-14H2. The maximum absolute atomic E-state index is 12.0. The Balaban J connectivity index is 1.50. The molecule has 0 bridgehead atoms. The smallest absolute Gasteiger partial charge is 0.240 e. The molecule has 1 aliphatic heterocycles. The fourth-order valence-corrected chi connectivity index (χ4v) is 3.67. The average molecular weight is 374 g/mol. The van der Waals surface area contributed by atoms with Crippen LogP contribution in [-0.4, -0.2) is 28.3 Å². The molecule has 2 N–H and O–H groups in total. The first-order valence-electron chi connectivity index (χ1n) is 8.38. The van der Waals surface area contributed by atoms with Gasteiger partial charge in [0.15, 0.2) is 11.5 Å². The van der Waals surface area contributed by atoms with Crippen LogP contribution in [0, 0.1) is 0 Å². The van der Waals surface area contributed by atoms with Gasteiger partial charge in [-0.1, -0.05) is 30.3 Å². The number of hydrogen-bond acceptors (Lipinski definition) is 5. The molecule has 0 unspecified atom stereocenters. The van der Waals surface area contributed by atoms with Gasteiger partial charge in [0.05, 0.1) is 4.90 Å². The van der Waals surface area contributed by atoms with Crippen molar-refractivity contribution in [2.75, 3.05) is 19.9 Å². The third kappa shape index (κ3) is 4.43. The number of fused-ring (bicyclic) bond motifs is 1. The normalized spacial score (nSPS) is 12.9. The number of nitrogens with one attached hydrogen (secondary N) is 2. The Morgan fingerprint density at radius 2 is 1.92 bits per heavy atom. The Kier molecular flexibility index (Phi) is 5.92. The van der Waals surface area contributed by atoms with Crippen LogP contribution in [-0.2, 0) is 23.0 Å². The predicted octanol–water partition coefficient (Wildman–Crippen LogP) is 2.21. The molecule has 0 fully saturated rings. The van der Waals surface area contributed by atoms with Crippen LogP contribution in [0.25, 0.3) is 0 Å². The second kappa shape index (κ2) is 8.35. The number of benzene rings is 2. The summed E-state index contributed by atoms with van der Waals surface area (Å²) >= 11 is 0. The van der Waals surface area contributed by atoms with Crippen LogP contribution in [0.1, 0.15) is 11.1 Å². The van der Waals surface area contributed by atoms with Crippen LogP contribution in [0.4, 0.5) is 0 Å². The van der Waals surface area contributed by atoms with Crippen LogP contribution in [0.5, 0.6) is 11.5 Å². The van der Waals surface area contributed by atoms with Gasteiger partial charge in [-0.05, 0) is 36.7 Å². The average Bonchev–Trinajstić information content (AvgIpc) is 3.13. The molecule has 1 heterocycles. The van der Waals surface area contributed by atoms with Crippen molar-refractivity contribution in [1.82, 2.24) is 10.0 Å². The highest BCUT2D eigenvalue weighted by molar-refractivity contribution is 7.89. The summed E-state index contributed by atoms with van der Waals surface area (Å²) in [4.78, 5) is 0.257. The van der Waals surface area contributed by atoms with E-state index in [2.05, 4.69) is 16.6 Å². The van der Waals surface area contributed by atoms with Crippen LogP contribution in [0.15, 0.2) is 60.0 Å². The molecule has 0 radical (unpaired) electrons. The Labute approximate surface area is 153 Å². The molecule has 2 aromatic carbocycles. The fraction of sp³-hybridized carbons (Fsp3) is 0.263. The van der Waals surface area contributed by atoms with E-state index in [0.29, 0.717) is 6.54 Å². The molecule has 0 atom stereocenters. The van der Waals surface area contributed by atoms with E-state index in [0.717, 1.165) is 35.6 Å². The summed E-state index contributed by atoms with van der Waals surface area (Å²) in [5.74, 6) is 1.59. The number of ether oxygens (including phenoxy) is 2. The molecule has 0 aliphatic carbocycles. The number of hydrogen-bond donors (Lipinski definition) is 2. The molecule has 7 heteroatoms. The quantitative estimate of drug-likeness (QED) is 0.520. The van der Waals surface area contributed by atoms with Gasteiger partial charge in [-0.2, -0.15) is 0 Å². The Morgan fingerprint density at radius 3 is 2.69 bits per heavy atom. The molecule has 1 aliphatic rings. The second-order valence-electron chi connectivity index (χ2n) is 5.86. The van der Waals surface area contributed by atoms with Crippen molar-refractivity contribution in [3.63, 3.8) is 0 Å². The van der Waals surface area contributed by atoms with Crippen molar-refractivity contribution in [1.29, 1.82) is 0 Å². The van der Waals surface area contributed by atoms with E-state index in [4.69, 9.17) is 9.47 Å². The summed E-state index contributed by atoms with van der Waals surface area (Å²) in [7, 11) is -3.47. The summed E-state index contributed by atoms with van der Waals surface area (Å²) in [6.45, 7) is 5.44. The van der Waals surface area contributed by atoms with Gasteiger partial charge in [0.1, 0.15) is 0 Å². The molecule has 138 valence electrons. The molecule has 2 aromatic rings. The van der Waals surface area contributed by atoms with Crippen LogP contribution >= 0.6 is 0 Å². The molecule has 0 saturated carbocycles. The van der Waals surface area contributed by atoms with Crippen molar-refractivity contribution in [2.45, 2.75) is 17.9 Å². The fourth-order valence-electron chi connectivity index (χ4n) is 2.67. The van der Waals surface area contributed by atoms with Crippen LogP contribution < -0.4 is 19.5 Å². The van der Waals surface area contributed by atoms with Crippen LogP contribution in [0.2, 0.25) is 0 Å². The molecule has 3 rings (SSSR count). The summed E-state index contributed by atoms with van der Waals surface area (Å²) in [5, 5.41) is 3.38. The molecular weight excluding hydrogens is 352 g/mol. The molecule has 26 heavy (non-hydrogen) atoms. The maximum Gasteiger partial charge on any atom is 0.240 e. The van der Waals surface area contributed by atoms with Crippen molar-refractivity contribution < 1.29 is 17.9 Å². The minimum Gasteiger partial charge on any atom is -0.454 e. The zero-order valence-corrected chi connectivity index (χ0v) is 15.2. The van der Waals surface area contributed by atoms with Crippen molar-refractivity contribution >= 4 is 10.0 Å². The van der Waals surface area contributed by atoms with Gasteiger partial charge in [0.25, 0.3) is 0 Å². The molecule has 6 nitrogen and oxygen atoms in total. The minimum absolute atomic E-state index is 0.214. The first-order chi connectivity index (χ1) is 12.6. The SMILES string of the molecule is C=CCNS(=O)(=O)c1ccc(CCNCc2cccc3c2OCO3)cc1. The first kappa shape index (κ1) is 18.4. The predicted molar refractivity (Wildman–Crippen MR) is 99.8 cm³/mol. The van der Waals surface area contributed by atoms with E-state index in [1.165, 1.54) is 6.08 Å². The van der Waals surface area contributed by atoms with Gasteiger partial charge < -0.3 is 14.8 Å². The van der Waals surface area contributed by atoms with E-state index in [1.54, 1.807) is 12.1 Å². The van der Waals surface area contributed by atoms with Gasteiger partial charge in [0.2, 0.25) is 16.8 Å². The van der Waals surface area contributed by atoms with Gasteiger partial charge in [-0.25, -0.2) is 13.1 Å². The number of sulfonamides is 1. The van der Waals surface area contributed by atoms with Gasteiger partial charge in [-0.15, -0.1) is 6.58 Å². The Bertz CT molecular complexity index is 864. The number of rotatable bonds is 9. The number of para-hydroxylation sites is 1. The van der Waals surface area contributed by atoms with Gasteiger partial charge >= 0.3 is 0 Å². The largest absolute Gasteiger partial charge is 0.454 e. The zero-order valence-electron chi connectivity index (χ0n) is 14.4. The topological polar surface area (TPSA) is 76.7 Å². The first-order valence-corrected chi connectivity index (χ1v) is 9.86. The molecule has 0 aromatic heterocycles. The van der Waals surface area contributed by atoms with E-state index in [9.17, 15) is 8.42 Å².